The molecule has 4 nitrogen and oxygen atoms in total. The van der Waals surface area contributed by atoms with Crippen molar-refractivity contribution in [2.24, 2.45) is 0 Å². The van der Waals surface area contributed by atoms with Gasteiger partial charge in [-0.15, -0.1) is 0 Å². The maximum absolute atomic E-state index is 11.8. The number of benzene rings is 3. The third-order valence-corrected chi connectivity index (χ3v) is 4.59. The van der Waals surface area contributed by atoms with Crippen LogP contribution in [-0.4, -0.2) is 21.2 Å². The number of H-pyrrole nitrogens is 1. The number of aromatic nitrogens is 1. The molecule has 0 aliphatic rings. The molecule has 1 aromatic heterocycles. The highest BCUT2D eigenvalue weighted by Crippen LogP contribution is 2.30. The van der Waals surface area contributed by atoms with Gasteiger partial charge < -0.3 is 15.2 Å². The molecule has 0 radical (unpaired) electrons. The smallest absolute Gasteiger partial charge is 0.336 e. The van der Waals surface area contributed by atoms with Crippen molar-refractivity contribution in [1.82, 2.24) is 4.98 Å². The Kier molecular flexibility index (Phi) is 4.67. The first-order chi connectivity index (χ1) is 13.7. The molecule has 4 rings (SSSR count). The summed E-state index contributed by atoms with van der Waals surface area (Å²) in [6.45, 7) is -0.0502. The molecule has 0 aliphatic carbocycles. The molecule has 3 N–H and O–H groups in total. The van der Waals surface area contributed by atoms with Crippen LogP contribution >= 0.6 is 0 Å². The van der Waals surface area contributed by atoms with Gasteiger partial charge in [0.2, 0.25) is 0 Å². The van der Waals surface area contributed by atoms with Crippen molar-refractivity contribution in [3.8, 4) is 23.0 Å². The van der Waals surface area contributed by atoms with E-state index in [0.29, 0.717) is 11.1 Å². The lowest BCUT2D eigenvalue weighted by molar-refractivity contribution is 0.0697. The second-order valence-electron chi connectivity index (χ2n) is 6.42. The van der Waals surface area contributed by atoms with Crippen LogP contribution in [0, 0.1) is 11.8 Å². The molecule has 4 heteroatoms. The standard InChI is InChI=1S/C24H17NO3/c26-15-17-4-1-3-16(13-17)7-8-19-5-2-6-21(24(27)28)23(19)20-10-9-18-11-12-25-22(18)14-20/h1-6,9-14,25-26H,15H2,(H,27,28). The number of carbonyl (C=O) groups is 1. The van der Waals surface area contributed by atoms with Gasteiger partial charge in [0, 0.05) is 28.4 Å². The van der Waals surface area contributed by atoms with Gasteiger partial charge in [-0.25, -0.2) is 4.79 Å². The van der Waals surface area contributed by atoms with E-state index in [1.54, 1.807) is 12.1 Å². The van der Waals surface area contributed by atoms with E-state index in [1.165, 1.54) is 0 Å². The number of aromatic carboxylic acids is 1. The van der Waals surface area contributed by atoms with E-state index in [1.807, 2.05) is 60.8 Å². The first-order valence-electron chi connectivity index (χ1n) is 8.81. The van der Waals surface area contributed by atoms with Gasteiger partial charge in [0.05, 0.1) is 12.2 Å². The second kappa shape index (κ2) is 7.43. The van der Waals surface area contributed by atoms with Gasteiger partial charge >= 0.3 is 5.97 Å². The van der Waals surface area contributed by atoms with Crippen LogP contribution < -0.4 is 0 Å². The second-order valence-corrected chi connectivity index (χ2v) is 6.42. The fourth-order valence-corrected chi connectivity index (χ4v) is 3.24. The topological polar surface area (TPSA) is 73.3 Å². The van der Waals surface area contributed by atoms with Crippen LogP contribution in [0.2, 0.25) is 0 Å². The molecular formula is C24H17NO3. The van der Waals surface area contributed by atoms with Crippen molar-refractivity contribution >= 4 is 16.9 Å². The Labute approximate surface area is 162 Å². The molecule has 0 amide bonds. The maximum atomic E-state index is 11.8. The molecule has 0 saturated carbocycles. The van der Waals surface area contributed by atoms with Crippen molar-refractivity contribution in [2.45, 2.75) is 6.61 Å². The zero-order valence-corrected chi connectivity index (χ0v) is 14.9. The lowest BCUT2D eigenvalue weighted by atomic mass is 9.93. The molecule has 0 spiro atoms. The van der Waals surface area contributed by atoms with Crippen LogP contribution in [0.1, 0.15) is 27.0 Å². The van der Waals surface area contributed by atoms with Gasteiger partial charge in [0.1, 0.15) is 0 Å². The SMILES string of the molecule is O=C(O)c1cccc(C#Cc2cccc(CO)c2)c1-c1ccc2cc[nH]c2c1. The molecule has 4 aromatic rings. The first kappa shape index (κ1) is 17.6. The van der Waals surface area contributed by atoms with Gasteiger partial charge in [0.25, 0.3) is 0 Å². The summed E-state index contributed by atoms with van der Waals surface area (Å²) in [7, 11) is 0. The minimum Gasteiger partial charge on any atom is -0.478 e. The minimum atomic E-state index is -0.993. The van der Waals surface area contributed by atoms with E-state index >= 15 is 0 Å². The maximum Gasteiger partial charge on any atom is 0.336 e. The Balaban J connectivity index is 1.87. The van der Waals surface area contributed by atoms with E-state index in [-0.39, 0.29) is 12.2 Å². The molecule has 0 atom stereocenters. The van der Waals surface area contributed by atoms with E-state index in [2.05, 4.69) is 16.8 Å². The number of hydrogen-bond acceptors (Lipinski definition) is 2. The summed E-state index contributed by atoms with van der Waals surface area (Å²) in [5.41, 5.74) is 4.72. The average Bonchev–Trinajstić information content (AvgIpc) is 3.20. The molecule has 28 heavy (non-hydrogen) atoms. The largest absolute Gasteiger partial charge is 0.478 e. The number of aliphatic hydroxyl groups excluding tert-OH is 1. The normalized spacial score (nSPS) is 10.5. The summed E-state index contributed by atoms with van der Waals surface area (Å²) in [5.74, 6) is 5.20. The summed E-state index contributed by atoms with van der Waals surface area (Å²) in [4.78, 5) is 15.0. The van der Waals surface area contributed by atoms with Gasteiger partial charge in [-0.05, 0) is 52.9 Å². The van der Waals surface area contributed by atoms with E-state index in [9.17, 15) is 15.0 Å². The fraction of sp³-hybridized carbons (Fsp3) is 0.0417. The number of carboxylic acid groups (broad SMARTS) is 1. The van der Waals surface area contributed by atoms with Crippen molar-refractivity contribution in [2.75, 3.05) is 0 Å². The van der Waals surface area contributed by atoms with Crippen LogP contribution in [-0.2, 0) is 6.61 Å². The number of carboxylic acids is 1. The highest BCUT2D eigenvalue weighted by Gasteiger charge is 2.15. The Morgan fingerprint density at radius 2 is 1.82 bits per heavy atom. The number of rotatable bonds is 3. The number of fused-ring (bicyclic) bond motifs is 1. The van der Waals surface area contributed by atoms with Crippen molar-refractivity contribution in [3.63, 3.8) is 0 Å². The summed E-state index contributed by atoms with van der Waals surface area (Å²) in [6.07, 6.45) is 1.85. The summed E-state index contributed by atoms with van der Waals surface area (Å²) < 4.78 is 0. The zero-order valence-electron chi connectivity index (χ0n) is 14.9. The monoisotopic (exact) mass is 367 g/mol. The average molecular weight is 367 g/mol. The fourth-order valence-electron chi connectivity index (χ4n) is 3.24. The van der Waals surface area contributed by atoms with E-state index in [4.69, 9.17) is 0 Å². The van der Waals surface area contributed by atoms with Crippen molar-refractivity contribution < 1.29 is 15.0 Å². The lowest BCUT2D eigenvalue weighted by Gasteiger charge is -2.10. The Hall–Kier alpha value is -3.81. The summed E-state index contributed by atoms with van der Waals surface area (Å²) in [5, 5.41) is 20.0. The highest BCUT2D eigenvalue weighted by molar-refractivity contribution is 5.99. The molecule has 0 saturated heterocycles. The quantitative estimate of drug-likeness (QED) is 0.469. The highest BCUT2D eigenvalue weighted by atomic mass is 16.4. The van der Waals surface area contributed by atoms with E-state index in [0.717, 1.165) is 27.6 Å². The van der Waals surface area contributed by atoms with Crippen LogP contribution in [0.4, 0.5) is 0 Å². The summed E-state index contributed by atoms with van der Waals surface area (Å²) in [6, 6.07) is 20.2. The molecule has 1 heterocycles. The van der Waals surface area contributed by atoms with Crippen LogP contribution in [0.25, 0.3) is 22.0 Å². The molecule has 136 valence electrons. The van der Waals surface area contributed by atoms with Crippen LogP contribution in [0.5, 0.6) is 0 Å². The minimum absolute atomic E-state index is 0.0502. The van der Waals surface area contributed by atoms with Crippen molar-refractivity contribution in [3.05, 3.63) is 95.2 Å². The van der Waals surface area contributed by atoms with E-state index < -0.39 is 5.97 Å². The van der Waals surface area contributed by atoms with Gasteiger partial charge in [-0.2, -0.15) is 0 Å². The lowest BCUT2D eigenvalue weighted by Crippen LogP contribution is -2.01. The summed E-state index contributed by atoms with van der Waals surface area (Å²) >= 11 is 0. The predicted octanol–water partition coefficient (Wildman–Crippen LogP) is 4.43. The predicted molar refractivity (Wildman–Crippen MR) is 109 cm³/mol. The van der Waals surface area contributed by atoms with Crippen LogP contribution in [0.3, 0.4) is 0 Å². The first-order valence-corrected chi connectivity index (χ1v) is 8.81. The third-order valence-electron chi connectivity index (χ3n) is 4.59. The van der Waals surface area contributed by atoms with Gasteiger partial charge in [-0.1, -0.05) is 42.2 Å². The molecule has 0 fully saturated rings. The number of hydrogen-bond donors (Lipinski definition) is 3. The van der Waals surface area contributed by atoms with Crippen molar-refractivity contribution in [1.29, 1.82) is 0 Å². The van der Waals surface area contributed by atoms with Crippen LogP contribution in [0.15, 0.2) is 72.9 Å². The Morgan fingerprint density at radius 3 is 2.64 bits per heavy atom. The zero-order chi connectivity index (χ0) is 19.5. The Morgan fingerprint density at radius 1 is 0.964 bits per heavy atom. The molecular weight excluding hydrogens is 350 g/mol. The number of aliphatic hydroxyl groups is 1. The molecule has 3 aromatic carbocycles. The third kappa shape index (κ3) is 3.39. The molecule has 0 bridgehead atoms. The number of aromatic amines is 1. The van der Waals surface area contributed by atoms with Gasteiger partial charge in [-0.3, -0.25) is 0 Å². The Bertz CT molecular complexity index is 1240. The molecule has 0 aliphatic heterocycles. The molecule has 0 unspecified atom stereocenters. The number of nitrogens with one attached hydrogen (secondary N) is 1. The van der Waals surface area contributed by atoms with Gasteiger partial charge in [0.15, 0.2) is 0 Å².